The van der Waals surface area contributed by atoms with Crippen LogP contribution in [0.15, 0.2) is 23.0 Å². The smallest absolute Gasteiger partial charge is 0.412 e. The number of hydrogen-bond acceptors (Lipinski definition) is 9. The van der Waals surface area contributed by atoms with Crippen LogP contribution in [0.2, 0.25) is 10.0 Å². The molecule has 0 aliphatic heterocycles. The van der Waals surface area contributed by atoms with Crippen molar-refractivity contribution in [2.45, 2.75) is 31.2 Å². The number of nitriles is 1. The number of aromatic amines is 1. The molecule has 3 rings (SSSR count). The number of hydrogen-bond donors (Lipinski definition) is 4. The first-order chi connectivity index (χ1) is 14.6. The predicted molar refractivity (Wildman–Crippen MR) is 110 cm³/mol. The van der Waals surface area contributed by atoms with Crippen LogP contribution >= 0.6 is 23.2 Å². The summed E-state index contributed by atoms with van der Waals surface area (Å²) in [5.41, 5.74) is 10.0. The maximum Gasteiger partial charge on any atom is 0.412 e. The van der Waals surface area contributed by atoms with Gasteiger partial charge in [0.15, 0.2) is 5.75 Å². The highest BCUT2D eigenvalue weighted by atomic mass is 35.5. The van der Waals surface area contributed by atoms with E-state index in [0.29, 0.717) is 5.56 Å². The molecule has 162 valence electrons. The van der Waals surface area contributed by atoms with Crippen LogP contribution in [0.1, 0.15) is 25.3 Å². The molecule has 0 radical (unpaired) electrons. The third-order valence-electron chi connectivity index (χ3n) is 4.56. The highest BCUT2D eigenvalue weighted by Gasteiger charge is 2.41. The third-order valence-corrected chi connectivity index (χ3v) is 5.12. The number of carbonyl (C=O) groups excluding carboxylic acids is 2. The Labute approximate surface area is 185 Å². The van der Waals surface area contributed by atoms with E-state index in [9.17, 15) is 14.4 Å². The van der Waals surface area contributed by atoms with Crippen molar-refractivity contribution >= 4 is 41.0 Å². The lowest BCUT2D eigenvalue weighted by Crippen LogP contribution is -2.41. The van der Waals surface area contributed by atoms with Gasteiger partial charge in [0.1, 0.15) is 0 Å². The molecule has 31 heavy (non-hydrogen) atoms. The molecule has 5 N–H and O–H groups in total. The number of rotatable bonds is 7. The van der Waals surface area contributed by atoms with Crippen molar-refractivity contribution in [2.75, 3.05) is 5.43 Å². The minimum Gasteiger partial charge on any atom is -0.434 e. The number of ether oxygens (including phenoxy) is 2. The summed E-state index contributed by atoms with van der Waals surface area (Å²) >= 11 is 12.5. The molecular weight excluding hydrogens is 451 g/mol. The van der Waals surface area contributed by atoms with E-state index in [4.69, 9.17) is 38.9 Å². The minimum absolute atomic E-state index is 0.0807. The molecule has 1 aromatic heterocycles. The number of nitrogens with two attached hydrogens (primary N) is 1. The Hall–Kier alpha value is -3.33. The SMILES string of the molecule is CC1(c2cc(Oc3c(Cl)cc(NNC(C#N)C(=O)OC(N)=O)cc3Cl)n[nH]c2=O)CC1. The van der Waals surface area contributed by atoms with Crippen LogP contribution in [0.5, 0.6) is 11.6 Å². The molecule has 1 unspecified atom stereocenters. The van der Waals surface area contributed by atoms with Crippen LogP contribution in [-0.4, -0.2) is 28.3 Å². The topological polar surface area (TPSA) is 172 Å². The standard InChI is InChI=1S/C18H16Cl2N6O5/c1-18(2-3-18)9-6-13(25-26-15(9)27)30-14-10(19)4-8(5-11(14)20)23-24-12(7-21)16(28)31-17(22)29/h4-6,12,23-24H,2-3H2,1H3,(H2,22,29)(H,26,27). The van der Waals surface area contributed by atoms with E-state index in [1.807, 2.05) is 6.92 Å². The number of halogens is 2. The van der Waals surface area contributed by atoms with Gasteiger partial charge in [0.25, 0.3) is 5.56 Å². The van der Waals surface area contributed by atoms with Gasteiger partial charge in [0.05, 0.1) is 21.8 Å². The Bertz CT molecular complexity index is 1120. The molecule has 11 nitrogen and oxygen atoms in total. The van der Waals surface area contributed by atoms with Crippen molar-refractivity contribution in [3.63, 3.8) is 0 Å². The zero-order valence-corrected chi connectivity index (χ0v) is 17.5. The minimum atomic E-state index is -1.53. The highest BCUT2D eigenvalue weighted by Crippen LogP contribution is 2.47. The Balaban J connectivity index is 1.74. The molecule has 2 aromatic rings. The van der Waals surface area contributed by atoms with Gasteiger partial charge < -0.3 is 20.6 Å². The van der Waals surface area contributed by atoms with E-state index < -0.39 is 18.1 Å². The van der Waals surface area contributed by atoms with E-state index in [0.717, 1.165) is 12.8 Å². The lowest BCUT2D eigenvalue weighted by molar-refractivity contribution is -0.137. The maximum absolute atomic E-state index is 12.0. The number of amides is 1. The zero-order valence-electron chi connectivity index (χ0n) is 16.0. The van der Waals surface area contributed by atoms with Gasteiger partial charge >= 0.3 is 12.1 Å². The molecule has 0 saturated heterocycles. The van der Waals surface area contributed by atoms with E-state index in [1.165, 1.54) is 12.1 Å². The molecule has 1 atom stereocenters. The number of anilines is 1. The Morgan fingerprint density at radius 2 is 1.97 bits per heavy atom. The molecule has 1 fully saturated rings. The van der Waals surface area contributed by atoms with Gasteiger partial charge in [-0.2, -0.15) is 5.26 Å². The molecule has 1 heterocycles. The molecule has 1 amide bonds. The Kier molecular flexibility index (Phi) is 6.35. The molecule has 0 bridgehead atoms. The zero-order chi connectivity index (χ0) is 22.8. The lowest BCUT2D eigenvalue weighted by atomic mass is 10.0. The fourth-order valence-corrected chi connectivity index (χ4v) is 3.20. The van der Waals surface area contributed by atoms with Crippen LogP contribution in [0.4, 0.5) is 10.5 Å². The first-order valence-corrected chi connectivity index (χ1v) is 9.58. The summed E-state index contributed by atoms with van der Waals surface area (Å²) in [4.78, 5) is 34.2. The first-order valence-electron chi connectivity index (χ1n) is 8.82. The summed E-state index contributed by atoms with van der Waals surface area (Å²) in [5, 5.41) is 15.4. The lowest BCUT2D eigenvalue weighted by Gasteiger charge is -2.15. The number of nitrogens with zero attached hydrogens (tertiary/aromatic N) is 2. The van der Waals surface area contributed by atoms with Crippen LogP contribution in [0.3, 0.4) is 0 Å². The van der Waals surface area contributed by atoms with Gasteiger partial charge in [-0.15, -0.1) is 5.10 Å². The number of hydrazine groups is 1. The summed E-state index contributed by atoms with van der Waals surface area (Å²) in [6, 6.07) is 4.41. The second-order valence-electron chi connectivity index (χ2n) is 6.95. The average Bonchev–Trinajstić information content (AvgIpc) is 3.44. The van der Waals surface area contributed by atoms with Crippen molar-refractivity contribution in [2.24, 2.45) is 5.73 Å². The fraction of sp³-hybridized carbons (Fsp3) is 0.278. The largest absolute Gasteiger partial charge is 0.434 e. The quantitative estimate of drug-likeness (QED) is 0.271. The van der Waals surface area contributed by atoms with Gasteiger partial charge in [-0.05, 0) is 30.4 Å². The van der Waals surface area contributed by atoms with E-state index in [1.54, 1.807) is 12.1 Å². The van der Waals surface area contributed by atoms with Crippen molar-refractivity contribution in [3.05, 3.63) is 44.2 Å². The van der Waals surface area contributed by atoms with Crippen molar-refractivity contribution in [1.29, 1.82) is 5.26 Å². The van der Waals surface area contributed by atoms with Crippen molar-refractivity contribution < 1.29 is 19.1 Å². The molecule has 1 aromatic carbocycles. The number of nitrogens with one attached hydrogen (secondary N) is 3. The summed E-state index contributed by atoms with van der Waals surface area (Å²) in [6.45, 7) is 1.97. The monoisotopic (exact) mass is 466 g/mol. The molecule has 1 aliphatic carbocycles. The van der Waals surface area contributed by atoms with Crippen LogP contribution in [-0.2, 0) is 14.9 Å². The molecule has 1 saturated carbocycles. The summed E-state index contributed by atoms with van der Waals surface area (Å²) < 4.78 is 9.81. The first kappa shape index (κ1) is 22.4. The number of H-pyrrole nitrogens is 1. The van der Waals surface area contributed by atoms with Crippen LogP contribution < -0.4 is 26.9 Å². The average molecular weight is 467 g/mol. The van der Waals surface area contributed by atoms with Gasteiger partial charge in [0, 0.05) is 11.6 Å². The van der Waals surface area contributed by atoms with Gasteiger partial charge in [-0.1, -0.05) is 30.1 Å². The summed E-state index contributed by atoms with van der Waals surface area (Å²) in [7, 11) is 0. The van der Waals surface area contributed by atoms with Crippen molar-refractivity contribution in [1.82, 2.24) is 15.6 Å². The number of primary amides is 1. The maximum atomic E-state index is 12.0. The second kappa shape index (κ2) is 8.81. The number of aromatic nitrogens is 2. The van der Waals surface area contributed by atoms with E-state index >= 15 is 0 Å². The second-order valence-corrected chi connectivity index (χ2v) is 7.77. The van der Waals surface area contributed by atoms with Crippen LogP contribution in [0, 0.1) is 11.3 Å². The summed E-state index contributed by atoms with van der Waals surface area (Å²) in [6.07, 6.45) is 0.449. The number of benzene rings is 1. The molecular formula is C18H16Cl2N6O5. The normalized spacial score (nSPS) is 14.8. The molecule has 0 spiro atoms. The highest BCUT2D eigenvalue weighted by molar-refractivity contribution is 6.37. The number of carbonyl (C=O) groups is 2. The van der Waals surface area contributed by atoms with E-state index in [-0.39, 0.29) is 38.3 Å². The van der Waals surface area contributed by atoms with E-state index in [2.05, 4.69) is 25.8 Å². The number of esters is 1. The summed E-state index contributed by atoms with van der Waals surface area (Å²) in [5.74, 6) is -0.988. The third kappa shape index (κ3) is 5.24. The fourth-order valence-electron chi connectivity index (χ4n) is 2.64. The van der Waals surface area contributed by atoms with Crippen LogP contribution in [0.25, 0.3) is 0 Å². The van der Waals surface area contributed by atoms with Gasteiger partial charge in [-0.3, -0.25) is 4.79 Å². The predicted octanol–water partition coefficient (Wildman–Crippen LogP) is 2.35. The van der Waals surface area contributed by atoms with Gasteiger partial charge in [0.2, 0.25) is 11.9 Å². The molecule has 13 heteroatoms. The molecule has 1 aliphatic rings. The van der Waals surface area contributed by atoms with Crippen molar-refractivity contribution in [3.8, 4) is 17.7 Å². The Morgan fingerprint density at radius 3 is 2.52 bits per heavy atom. The van der Waals surface area contributed by atoms with Gasteiger partial charge in [-0.25, -0.2) is 20.1 Å². The Morgan fingerprint density at radius 1 is 1.32 bits per heavy atom.